The van der Waals surface area contributed by atoms with Crippen LogP contribution in [0.4, 0.5) is 0 Å². The molecule has 2 atom stereocenters. The van der Waals surface area contributed by atoms with Gasteiger partial charge in [-0.15, -0.1) is 0 Å². The average molecular weight is 302 g/mol. The topological polar surface area (TPSA) is 80.8 Å². The Labute approximate surface area is 126 Å². The lowest BCUT2D eigenvalue weighted by Gasteiger charge is -2.27. The third-order valence-electron chi connectivity index (χ3n) is 3.34. The molecular formula is C15H26O6. The molecule has 21 heavy (non-hydrogen) atoms. The van der Waals surface area contributed by atoms with Crippen molar-refractivity contribution in [3.05, 3.63) is 12.7 Å². The van der Waals surface area contributed by atoms with Crippen molar-refractivity contribution in [1.29, 1.82) is 0 Å². The number of hydrogen-bond acceptors (Lipinski definition) is 5. The Morgan fingerprint density at radius 3 is 1.90 bits per heavy atom. The number of carbonyl (C=O) groups is 1. The molecule has 0 aromatic carbocycles. The Bertz CT molecular complexity index is 304. The molecule has 0 aliphatic carbocycles. The summed E-state index contributed by atoms with van der Waals surface area (Å²) in [5.74, 6) is -0.981. The number of ether oxygens (including phenoxy) is 4. The molecule has 6 heteroatoms. The highest BCUT2D eigenvalue weighted by atomic mass is 16.6. The second kappa shape index (κ2) is 9.15. The molecule has 2 heterocycles. The number of aliphatic carboxylic acids is 1. The SMILES string of the molecule is C=CC(=O)O.CCC(C)(COCC1CO1)COCC1CO1. The molecular weight excluding hydrogens is 276 g/mol. The molecule has 0 aromatic rings. The van der Waals surface area contributed by atoms with E-state index in [1.165, 1.54) is 0 Å². The lowest BCUT2D eigenvalue weighted by molar-refractivity contribution is -0.131. The van der Waals surface area contributed by atoms with Crippen LogP contribution in [0.2, 0.25) is 0 Å². The summed E-state index contributed by atoms with van der Waals surface area (Å²) in [7, 11) is 0. The highest BCUT2D eigenvalue weighted by Crippen LogP contribution is 2.23. The van der Waals surface area contributed by atoms with Crippen LogP contribution in [0.3, 0.4) is 0 Å². The summed E-state index contributed by atoms with van der Waals surface area (Å²) in [5.41, 5.74) is 0.115. The van der Waals surface area contributed by atoms with Gasteiger partial charge in [0.1, 0.15) is 12.2 Å². The van der Waals surface area contributed by atoms with Gasteiger partial charge in [-0.3, -0.25) is 0 Å². The van der Waals surface area contributed by atoms with Crippen LogP contribution in [0, 0.1) is 5.41 Å². The van der Waals surface area contributed by atoms with Crippen molar-refractivity contribution < 1.29 is 28.8 Å². The van der Waals surface area contributed by atoms with E-state index in [1.54, 1.807) is 0 Å². The van der Waals surface area contributed by atoms with Crippen LogP contribution in [-0.2, 0) is 23.7 Å². The number of carboxylic acids is 1. The summed E-state index contributed by atoms with van der Waals surface area (Å²) in [6.45, 7) is 12.0. The molecule has 2 aliphatic rings. The van der Waals surface area contributed by atoms with Crippen molar-refractivity contribution in [2.45, 2.75) is 32.5 Å². The van der Waals surface area contributed by atoms with E-state index in [0.717, 1.165) is 52.1 Å². The molecule has 0 aromatic heterocycles. The fourth-order valence-electron chi connectivity index (χ4n) is 1.45. The van der Waals surface area contributed by atoms with Crippen LogP contribution >= 0.6 is 0 Å². The first-order valence-electron chi connectivity index (χ1n) is 7.23. The van der Waals surface area contributed by atoms with Gasteiger partial charge in [-0.2, -0.15) is 0 Å². The van der Waals surface area contributed by atoms with Crippen LogP contribution in [0.5, 0.6) is 0 Å². The Morgan fingerprint density at radius 2 is 1.67 bits per heavy atom. The maximum atomic E-state index is 9.25. The van der Waals surface area contributed by atoms with Gasteiger partial charge < -0.3 is 24.1 Å². The Morgan fingerprint density at radius 1 is 1.29 bits per heavy atom. The van der Waals surface area contributed by atoms with Gasteiger partial charge in [0, 0.05) is 11.5 Å². The van der Waals surface area contributed by atoms with Gasteiger partial charge in [0.25, 0.3) is 0 Å². The van der Waals surface area contributed by atoms with Gasteiger partial charge in [0.2, 0.25) is 0 Å². The van der Waals surface area contributed by atoms with Crippen molar-refractivity contribution in [3.63, 3.8) is 0 Å². The van der Waals surface area contributed by atoms with Crippen LogP contribution in [0.25, 0.3) is 0 Å². The van der Waals surface area contributed by atoms with E-state index in [9.17, 15) is 4.79 Å². The molecule has 0 radical (unpaired) electrons. The minimum Gasteiger partial charge on any atom is -0.478 e. The molecule has 2 saturated heterocycles. The molecule has 6 nitrogen and oxygen atoms in total. The maximum absolute atomic E-state index is 9.25. The zero-order valence-corrected chi connectivity index (χ0v) is 12.9. The quantitative estimate of drug-likeness (QED) is 0.486. The molecule has 2 aliphatic heterocycles. The third-order valence-corrected chi connectivity index (χ3v) is 3.34. The predicted molar refractivity (Wildman–Crippen MR) is 77.3 cm³/mol. The molecule has 1 N–H and O–H groups in total. The molecule has 2 rings (SSSR count). The van der Waals surface area contributed by atoms with E-state index >= 15 is 0 Å². The standard InChI is InChI=1S/C12H22O4.C3H4O2/c1-3-12(2,8-13-4-10-6-15-10)9-14-5-11-7-16-11;1-2-3(4)5/h10-11H,3-9H2,1-2H3;2H,1H2,(H,4,5). The minimum absolute atomic E-state index is 0.115. The largest absolute Gasteiger partial charge is 0.478 e. The smallest absolute Gasteiger partial charge is 0.327 e. The lowest BCUT2D eigenvalue weighted by atomic mass is 9.90. The second-order valence-electron chi connectivity index (χ2n) is 5.65. The first kappa shape index (κ1) is 18.1. The molecule has 0 saturated carbocycles. The predicted octanol–water partition coefficient (Wildman–Crippen LogP) is 1.49. The fourth-order valence-corrected chi connectivity index (χ4v) is 1.45. The van der Waals surface area contributed by atoms with Gasteiger partial charge in [-0.05, 0) is 6.42 Å². The highest BCUT2D eigenvalue weighted by Gasteiger charge is 2.28. The normalized spacial score (nSPS) is 25.2. The minimum atomic E-state index is -0.981. The summed E-state index contributed by atoms with van der Waals surface area (Å²) in [6, 6.07) is 0. The summed E-state index contributed by atoms with van der Waals surface area (Å²) in [6.07, 6.45) is 2.59. The molecule has 0 bridgehead atoms. The van der Waals surface area contributed by atoms with Gasteiger partial charge in [0.15, 0.2) is 0 Å². The number of carboxylic acid groups (broad SMARTS) is 1. The summed E-state index contributed by atoms with van der Waals surface area (Å²) >= 11 is 0. The zero-order chi connectivity index (χ0) is 15.7. The van der Waals surface area contributed by atoms with Crippen LogP contribution < -0.4 is 0 Å². The lowest BCUT2D eigenvalue weighted by Crippen LogP contribution is -2.30. The van der Waals surface area contributed by atoms with Crippen molar-refractivity contribution in [1.82, 2.24) is 0 Å². The van der Waals surface area contributed by atoms with E-state index < -0.39 is 5.97 Å². The fraction of sp³-hybridized carbons (Fsp3) is 0.800. The van der Waals surface area contributed by atoms with Crippen molar-refractivity contribution >= 4 is 5.97 Å². The zero-order valence-electron chi connectivity index (χ0n) is 12.9. The number of hydrogen-bond donors (Lipinski definition) is 1. The maximum Gasteiger partial charge on any atom is 0.327 e. The van der Waals surface area contributed by atoms with Crippen LogP contribution in [-0.4, -0.2) is 62.9 Å². The second-order valence-corrected chi connectivity index (χ2v) is 5.65. The monoisotopic (exact) mass is 302 g/mol. The van der Waals surface area contributed by atoms with Gasteiger partial charge in [-0.25, -0.2) is 4.79 Å². The van der Waals surface area contributed by atoms with Crippen molar-refractivity contribution in [2.75, 3.05) is 39.6 Å². The van der Waals surface area contributed by atoms with Crippen LogP contribution in [0.15, 0.2) is 12.7 Å². The van der Waals surface area contributed by atoms with E-state index in [4.69, 9.17) is 24.1 Å². The molecule has 0 amide bonds. The molecule has 2 fully saturated rings. The number of epoxide rings is 2. The van der Waals surface area contributed by atoms with Crippen molar-refractivity contribution in [3.8, 4) is 0 Å². The van der Waals surface area contributed by atoms with Gasteiger partial charge >= 0.3 is 5.97 Å². The molecule has 2 unspecified atom stereocenters. The van der Waals surface area contributed by atoms with E-state index in [0.29, 0.717) is 12.2 Å². The van der Waals surface area contributed by atoms with E-state index in [2.05, 4.69) is 20.4 Å². The van der Waals surface area contributed by atoms with Gasteiger partial charge in [0.05, 0.1) is 39.6 Å². The average Bonchev–Trinajstić information content (AvgIpc) is 3.34. The summed E-state index contributed by atoms with van der Waals surface area (Å²) in [4.78, 5) is 9.25. The highest BCUT2D eigenvalue weighted by molar-refractivity contribution is 5.78. The summed E-state index contributed by atoms with van der Waals surface area (Å²) in [5, 5.41) is 7.60. The summed E-state index contributed by atoms with van der Waals surface area (Å²) < 4.78 is 21.5. The Balaban J connectivity index is 0.000000383. The molecule has 122 valence electrons. The Kier molecular flexibility index (Phi) is 7.88. The first-order valence-corrected chi connectivity index (χ1v) is 7.23. The number of rotatable bonds is 10. The van der Waals surface area contributed by atoms with E-state index in [-0.39, 0.29) is 5.41 Å². The van der Waals surface area contributed by atoms with Crippen LogP contribution in [0.1, 0.15) is 20.3 Å². The van der Waals surface area contributed by atoms with Crippen molar-refractivity contribution in [2.24, 2.45) is 5.41 Å². The van der Waals surface area contributed by atoms with Gasteiger partial charge in [-0.1, -0.05) is 20.4 Å². The molecule has 0 spiro atoms. The Hall–Kier alpha value is -0.950. The third kappa shape index (κ3) is 9.57. The first-order chi connectivity index (χ1) is 9.99. The van der Waals surface area contributed by atoms with E-state index in [1.807, 2.05) is 0 Å².